The summed E-state index contributed by atoms with van der Waals surface area (Å²) in [5.74, 6) is -0.936. The van der Waals surface area contributed by atoms with Gasteiger partial charge in [0.2, 0.25) is 0 Å². The molecule has 1 aliphatic rings. The lowest BCUT2D eigenvalue weighted by molar-refractivity contribution is -0.124. The van der Waals surface area contributed by atoms with Crippen molar-refractivity contribution >= 4 is 29.2 Å². The van der Waals surface area contributed by atoms with E-state index in [-0.39, 0.29) is 29.1 Å². The molecule has 0 radical (unpaired) electrons. The van der Waals surface area contributed by atoms with E-state index in [1.807, 2.05) is 0 Å². The lowest BCUT2D eigenvalue weighted by Crippen LogP contribution is -2.35. The van der Waals surface area contributed by atoms with Crippen LogP contribution in [-0.2, 0) is 9.53 Å². The number of carbonyl (C=O) groups excluding carboxylic acids is 2. The molecule has 5 nitrogen and oxygen atoms in total. The Bertz CT molecular complexity index is 513. The summed E-state index contributed by atoms with van der Waals surface area (Å²) in [7, 11) is 0. The minimum Gasteiger partial charge on any atom is -0.452 e. The van der Waals surface area contributed by atoms with Crippen molar-refractivity contribution in [3.05, 3.63) is 28.8 Å². The molecule has 1 aromatic carbocycles. The number of esters is 1. The summed E-state index contributed by atoms with van der Waals surface area (Å²) in [6.45, 7) is -0.305. The number of nitrogens with one attached hydrogen (secondary N) is 1. The highest BCUT2D eigenvalue weighted by atomic mass is 35.5. The third-order valence-corrected chi connectivity index (χ3v) is 3.72. The molecule has 0 atom stereocenters. The third kappa shape index (κ3) is 3.63. The van der Waals surface area contributed by atoms with Gasteiger partial charge in [-0.2, -0.15) is 0 Å². The molecule has 3 N–H and O–H groups in total. The quantitative estimate of drug-likeness (QED) is 0.659. The topological polar surface area (TPSA) is 81.4 Å². The second-order valence-corrected chi connectivity index (χ2v) is 5.21. The number of halogens is 1. The maximum Gasteiger partial charge on any atom is 0.340 e. The van der Waals surface area contributed by atoms with Crippen molar-refractivity contribution in [3.8, 4) is 0 Å². The Kier molecular flexibility index (Phi) is 4.84. The number of nitrogens with two attached hydrogens (primary N) is 1. The summed E-state index contributed by atoms with van der Waals surface area (Å²) in [6, 6.07) is 4.91. The molecule has 0 heterocycles. The first kappa shape index (κ1) is 14.7. The van der Waals surface area contributed by atoms with E-state index in [0.717, 1.165) is 25.7 Å². The summed E-state index contributed by atoms with van der Waals surface area (Å²) in [5, 5.41) is 2.98. The number of hydrogen-bond donors (Lipinski definition) is 2. The standard InChI is InChI=1S/C14H17ClN2O3/c15-13-10(6-3-7-11(13)16)14(19)20-8-12(18)17-9-4-1-2-5-9/h3,6-7,9H,1-2,4-5,8,16H2,(H,17,18). The van der Waals surface area contributed by atoms with E-state index in [2.05, 4.69) is 5.32 Å². The van der Waals surface area contributed by atoms with Crippen LogP contribution in [-0.4, -0.2) is 24.5 Å². The molecule has 1 saturated carbocycles. The first-order valence-corrected chi connectivity index (χ1v) is 6.96. The van der Waals surface area contributed by atoms with Crippen molar-refractivity contribution in [2.45, 2.75) is 31.7 Å². The predicted octanol–water partition coefficient (Wildman–Crippen LogP) is 2.14. The highest BCUT2D eigenvalue weighted by Crippen LogP contribution is 2.23. The number of amides is 1. The van der Waals surface area contributed by atoms with Crippen molar-refractivity contribution in [3.63, 3.8) is 0 Å². The molecule has 108 valence electrons. The zero-order chi connectivity index (χ0) is 14.5. The van der Waals surface area contributed by atoms with Gasteiger partial charge in [0.25, 0.3) is 5.91 Å². The lowest BCUT2D eigenvalue weighted by atomic mass is 10.2. The van der Waals surface area contributed by atoms with Crippen LogP contribution >= 0.6 is 11.6 Å². The van der Waals surface area contributed by atoms with Crippen LogP contribution in [0.15, 0.2) is 18.2 Å². The van der Waals surface area contributed by atoms with Crippen molar-refractivity contribution in [1.29, 1.82) is 0 Å². The third-order valence-electron chi connectivity index (χ3n) is 3.30. The summed E-state index contributed by atoms with van der Waals surface area (Å²) < 4.78 is 4.95. The zero-order valence-electron chi connectivity index (χ0n) is 11.0. The van der Waals surface area contributed by atoms with E-state index in [9.17, 15) is 9.59 Å². The number of benzene rings is 1. The number of nitrogen functional groups attached to an aromatic ring is 1. The van der Waals surface area contributed by atoms with E-state index in [1.165, 1.54) is 6.07 Å². The summed E-state index contributed by atoms with van der Waals surface area (Å²) >= 11 is 5.91. The second kappa shape index (κ2) is 6.61. The number of rotatable bonds is 4. The lowest BCUT2D eigenvalue weighted by Gasteiger charge is -2.12. The first-order chi connectivity index (χ1) is 9.58. The predicted molar refractivity (Wildman–Crippen MR) is 76.5 cm³/mol. The Morgan fingerprint density at radius 3 is 2.75 bits per heavy atom. The Morgan fingerprint density at radius 2 is 2.05 bits per heavy atom. The summed E-state index contributed by atoms with van der Waals surface area (Å²) in [5.41, 5.74) is 6.07. The molecule has 1 aliphatic carbocycles. The maximum atomic E-state index is 11.8. The Morgan fingerprint density at radius 1 is 1.35 bits per heavy atom. The van der Waals surface area contributed by atoms with Gasteiger partial charge in [-0.1, -0.05) is 30.5 Å². The highest BCUT2D eigenvalue weighted by molar-refractivity contribution is 6.36. The van der Waals surface area contributed by atoms with Gasteiger partial charge < -0.3 is 15.8 Å². The fraction of sp³-hybridized carbons (Fsp3) is 0.429. The van der Waals surface area contributed by atoms with Gasteiger partial charge in [0.15, 0.2) is 6.61 Å². The summed E-state index contributed by atoms with van der Waals surface area (Å²) in [4.78, 5) is 23.5. The minimum atomic E-state index is -0.649. The largest absolute Gasteiger partial charge is 0.452 e. The van der Waals surface area contributed by atoms with Crippen LogP contribution in [0.3, 0.4) is 0 Å². The molecule has 0 aliphatic heterocycles. The number of anilines is 1. The van der Waals surface area contributed by atoms with Crippen molar-refractivity contribution in [2.75, 3.05) is 12.3 Å². The molecule has 0 aromatic heterocycles. The van der Waals surface area contributed by atoms with Gasteiger partial charge in [-0.25, -0.2) is 4.79 Å². The fourth-order valence-electron chi connectivity index (χ4n) is 2.26. The number of ether oxygens (including phenoxy) is 1. The molecule has 1 fully saturated rings. The second-order valence-electron chi connectivity index (χ2n) is 4.83. The van der Waals surface area contributed by atoms with Gasteiger partial charge in [-0.15, -0.1) is 0 Å². The summed E-state index contributed by atoms with van der Waals surface area (Å²) in [6.07, 6.45) is 4.23. The molecule has 1 aromatic rings. The van der Waals surface area contributed by atoms with Crippen molar-refractivity contribution in [1.82, 2.24) is 5.32 Å². The maximum absolute atomic E-state index is 11.8. The number of hydrogen-bond acceptors (Lipinski definition) is 4. The monoisotopic (exact) mass is 296 g/mol. The van der Waals surface area contributed by atoms with E-state index in [0.29, 0.717) is 5.69 Å². The molecular weight excluding hydrogens is 280 g/mol. The van der Waals surface area contributed by atoms with Gasteiger partial charge in [-0.3, -0.25) is 4.79 Å². The minimum absolute atomic E-state index is 0.147. The SMILES string of the molecule is Nc1cccc(C(=O)OCC(=O)NC2CCCC2)c1Cl. The van der Waals surface area contributed by atoms with Crippen LogP contribution in [0.25, 0.3) is 0 Å². The van der Waals surface area contributed by atoms with Crippen LogP contribution in [0.5, 0.6) is 0 Å². The van der Waals surface area contributed by atoms with Crippen LogP contribution in [0.1, 0.15) is 36.0 Å². The average molecular weight is 297 g/mol. The molecular formula is C14H17ClN2O3. The Balaban J connectivity index is 1.85. The molecule has 0 bridgehead atoms. The molecule has 2 rings (SSSR count). The van der Waals surface area contributed by atoms with Crippen LogP contribution < -0.4 is 11.1 Å². The van der Waals surface area contributed by atoms with Crippen LogP contribution in [0, 0.1) is 0 Å². The smallest absolute Gasteiger partial charge is 0.340 e. The molecule has 0 unspecified atom stereocenters. The van der Waals surface area contributed by atoms with E-state index >= 15 is 0 Å². The van der Waals surface area contributed by atoms with Crippen LogP contribution in [0.2, 0.25) is 5.02 Å². The first-order valence-electron chi connectivity index (χ1n) is 6.58. The molecule has 0 saturated heterocycles. The van der Waals surface area contributed by atoms with Gasteiger partial charge in [0.1, 0.15) is 0 Å². The van der Waals surface area contributed by atoms with Gasteiger partial charge in [-0.05, 0) is 25.0 Å². The van der Waals surface area contributed by atoms with Crippen LogP contribution in [0.4, 0.5) is 5.69 Å². The molecule has 6 heteroatoms. The van der Waals surface area contributed by atoms with Gasteiger partial charge in [0, 0.05) is 6.04 Å². The Hall–Kier alpha value is -1.75. The van der Waals surface area contributed by atoms with E-state index in [1.54, 1.807) is 12.1 Å². The van der Waals surface area contributed by atoms with Crippen molar-refractivity contribution < 1.29 is 14.3 Å². The van der Waals surface area contributed by atoms with Crippen molar-refractivity contribution in [2.24, 2.45) is 0 Å². The molecule has 20 heavy (non-hydrogen) atoms. The van der Waals surface area contributed by atoms with Gasteiger partial charge in [0.05, 0.1) is 16.3 Å². The van der Waals surface area contributed by atoms with E-state index < -0.39 is 5.97 Å². The molecule has 0 spiro atoms. The fourth-order valence-corrected chi connectivity index (χ4v) is 2.46. The number of carbonyl (C=O) groups is 2. The normalized spacial score (nSPS) is 15.1. The molecule has 1 amide bonds. The average Bonchev–Trinajstić information content (AvgIpc) is 2.92. The zero-order valence-corrected chi connectivity index (χ0v) is 11.8. The van der Waals surface area contributed by atoms with E-state index in [4.69, 9.17) is 22.1 Å². The Labute approximate surface area is 122 Å². The highest BCUT2D eigenvalue weighted by Gasteiger charge is 2.19. The van der Waals surface area contributed by atoms with Gasteiger partial charge >= 0.3 is 5.97 Å².